The minimum atomic E-state index is 0.459. The van der Waals surface area contributed by atoms with Crippen LogP contribution >= 0.6 is 0 Å². The van der Waals surface area contributed by atoms with Crippen molar-refractivity contribution in [3.63, 3.8) is 0 Å². The van der Waals surface area contributed by atoms with E-state index in [-0.39, 0.29) is 0 Å². The van der Waals surface area contributed by atoms with Crippen LogP contribution in [0.5, 0.6) is 23.0 Å². The standard InChI is InChI=1S/C18H21NO4/c1-20-14-9-6-12(7-10-14)5-8-13-11-15(21-2)17(22-3)18(23-4)16(13)19/h5-11H,19H2,1-4H3/b8-5-. The third-order valence-corrected chi connectivity index (χ3v) is 3.47. The summed E-state index contributed by atoms with van der Waals surface area (Å²) >= 11 is 0. The summed E-state index contributed by atoms with van der Waals surface area (Å²) in [5.74, 6) is 2.32. The smallest absolute Gasteiger partial charge is 0.205 e. The topological polar surface area (TPSA) is 62.9 Å². The molecule has 0 amide bonds. The SMILES string of the molecule is COc1ccc(/C=C\c2cc(OC)c(OC)c(OC)c2N)cc1. The van der Waals surface area contributed by atoms with Gasteiger partial charge in [0.25, 0.3) is 0 Å². The van der Waals surface area contributed by atoms with Gasteiger partial charge in [-0.3, -0.25) is 0 Å². The van der Waals surface area contributed by atoms with Gasteiger partial charge in [-0.15, -0.1) is 0 Å². The maximum absolute atomic E-state index is 6.17. The molecule has 0 saturated heterocycles. The van der Waals surface area contributed by atoms with Crippen LogP contribution in [0.2, 0.25) is 0 Å². The molecule has 0 aliphatic carbocycles. The third kappa shape index (κ3) is 3.51. The van der Waals surface area contributed by atoms with Gasteiger partial charge in [0.05, 0.1) is 34.1 Å². The highest BCUT2D eigenvalue weighted by Gasteiger charge is 2.17. The predicted molar refractivity (Wildman–Crippen MR) is 92.4 cm³/mol. The van der Waals surface area contributed by atoms with Gasteiger partial charge in [0, 0.05) is 5.56 Å². The van der Waals surface area contributed by atoms with Crippen molar-refractivity contribution in [1.29, 1.82) is 0 Å². The second-order valence-corrected chi connectivity index (χ2v) is 4.75. The Hall–Kier alpha value is -2.82. The zero-order valence-electron chi connectivity index (χ0n) is 13.8. The summed E-state index contributed by atoms with van der Waals surface area (Å²) in [6.45, 7) is 0. The summed E-state index contributed by atoms with van der Waals surface area (Å²) in [6, 6.07) is 9.54. The summed E-state index contributed by atoms with van der Waals surface area (Å²) in [5, 5.41) is 0. The van der Waals surface area contributed by atoms with Gasteiger partial charge in [0.15, 0.2) is 11.5 Å². The molecule has 23 heavy (non-hydrogen) atoms. The van der Waals surface area contributed by atoms with Gasteiger partial charge in [-0.05, 0) is 23.8 Å². The van der Waals surface area contributed by atoms with Crippen LogP contribution in [0.25, 0.3) is 12.2 Å². The lowest BCUT2D eigenvalue weighted by atomic mass is 10.1. The number of anilines is 1. The van der Waals surface area contributed by atoms with E-state index in [4.69, 9.17) is 24.7 Å². The first-order valence-electron chi connectivity index (χ1n) is 7.05. The Morgan fingerprint density at radius 2 is 1.43 bits per heavy atom. The van der Waals surface area contributed by atoms with Gasteiger partial charge in [0.1, 0.15) is 5.75 Å². The van der Waals surface area contributed by atoms with Crippen molar-refractivity contribution >= 4 is 17.8 Å². The molecule has 5 heteroatoms. The van der Waals surface area contributed by atoms with Crippen molar-refractivity contribution in [2.45, 2.75) is 0 Å². The van der Waals surface area contributed by atoms with Crippen LogP contribution in [-0.4, -0.2) is 28.4 Å². The average Bonchev–Trinajstić information content (AvgIpc) is 2.60. The number of nitrogen functional groups attached to an aromatic ring is 1. The van der Waals surface area contributed by atoms with Gasteiger partial charge >= 0.3 is 0 Å². The van der Waals surface area contributed by atoms with Crippen LogP contribution < -0.4 is 24.7 Å². The summed E-state index contributed by atoms with van der Waals surface area (Å²) in [6.07, 6.45) is 3.86. The monoisotopic (exact) mass is 315 g/mol. The average molecular weight is 315 g/mol. The van der Waals surface area contributed by atoms with Crippen molar-refractivity contribution in [3.05, 3.63) is 41.5 Å². The maximum Gasteiger partial charge on any atom is 0.205 e. The summed E-state index contributed by atoms with van der Waals surface area (Å²) < 4.78 is 21.2. The maximum atomic E-state index is 6.17. The van der Waals surface area contributed by atoms with Gasteiger partial charge in [-0.2, -0.15) is 0 Å². The highest BCUT2D eigenvalue weighted by molar-refractivity contribution is 5.82. The zero-order chi connectivity index (χ0) is 16.8. The quantitative estimate of drug-likeness (QED) is 0.653. The van der Waals surface area contributed by atoms with E-state index in [1.54, 1.807) is 28.4 Å². The minimum absolute atomic E-state index is 0.459. The van der Waals surface area contributed by atoms with E-state index >= 15 is 0 Å². The lowest BCUT2D eigenvalue weighted by Crippen LogP contribution is -2.01. The number of ether oxygens (including phenoxy) is 4. The van der Waals surface area contributed by atoms with Crippen LogP contribution in [0.4, 0.5) is 5.69 Å². The molecule has 0 radical (unpaired) electrons. The molecular formula is C18H21NO4. The Balaban J connectivity index is 2.40. The molecule has 0 heterocycles. The van der Waals surface area contributed by atoms with E-state index < -0.39 is 0 Å². The molecule has 2 aromatic rings. The molecule has 0 aromatic heterocycles. The Bertz CT molecular complexity index is 693. The van der Waals surface area contributed by atoms with Crippen molar-refractivity contribution in [2.24, 2.45) is 0 Å². The molecule has 0 aliphatic rings. The van der Waals surface area contributed by atoms with Crippen molar-refractivity contribution in [1.82, 2.24) is 0 Å². The number of benzene rings is 2. The molecule has 2 rings (SSSR count). The highest BCUT2D eigenvalue weighted by atomic mass is 16.5. The fraction of sp³-hybridized carbons (Fsp3) is 0.222. The number of rotatable bonds is 6. The summed E-state index contributed by atoms with van der Waals surface area (Å²) in [5.41, 5.74) is 8.48. The van der Waals surface area contributed by atoms with E-state index in [9.17, 15) is 0 Å². The normalized spacial score (nSPS) is 10.6. The summed E-state index contributed by atoms with van der Waals surface area (Å²) in [7, 11) is 6.31. The van der Waals surface area contributed by atoms with Crippen LogP contribution in [0, 0.1) is 0 Å². The molecule has 0 spiro atoms. The molecule has 0 bridgehead atoms. The first-order chi connectivity index (χ1) is 11.1. The van der Waals surface area contributed by atoms with Crippen LogP contribution in [0.1, 0.15) is 11.1 Å². The molecule has 2 N–H and O–H groups in total. The van der Waals surface area contributed by atoms with Crippen LogP contribution in [0.3, 0.4) is 0 Å². The Morgan fingerprint density at radius 3 is 1.96 bits per heavy atom. The first-order valence-corrected chi connectivity index (χ1v) is 7.05. The van der Waals surface area contributed by atoms with Crippen molar-refractivity contribution in [2.75, 3.05) is 34.2 Å². The molecule has 0 fully saturated rings. The van der Waals surface area contributed by atoms with E-state index in [1.165, 1.54) is 0 Å². The zero-order valence-corrected chi connectivity index (χ0v) is 13.8. The van der Waals surface area contributed by atoms with Gasteiger partial charge in [0.2, 0.25) is 5.75 Å². The van der Waals surface area contributed by atoms with Crippen LogP contribution in [-0.2, 0) is 0 Å². The van der Waals surface area contributed by atoms with Crippen molar-refractivity contribution < 1.29 is 18.9 Å². The molecule has 0 atom stereocenters. The lowest BCUT2D eigenvalue weighted by molar-refractivity contribution is 0.325. The molecular weight excluding hydrogens is 294 g/mol. The fourth-order valence-electron chi connectivity index (χ4n) is 2.24. The van der Waals surface area contributed by atoms with Gasteiger partial charge < -0.3 is 24.7 Å². The molecule has 122 valence electrons. The van der Waals surface area contributed by atoms with E-state index in [0.717, 1.165) is 16.9 Å². The minimum Gasteiger partial charge on any atom is -0.497 e. The Morgan fingerprint density at radius 1 is 0.783 bits per heavy atom. The van der Waals surface area contributed by atoms with Crippen molar-refractivity contribution in [3.8, 4) is 23.0 Å². The lowest BCUT2D eigenvalue weighted by Gasteiger charge is -2.15. The third-order valence-electron chi connectivity index (χ3n) is 3.47. The van der Waals surface area contributed by atoms with Gasteiger partial charge in [-0.25, -0.2) is 0 Å². The molecule has 5 nitrogen and oxygen atoms in total. The van der Waals surface area contributed by atoms with Gasteiger partial charge in [-0.1, -0.05) is 24.3 Å². The summed E-state index contributed by atoms with van der Waals surface area (Å²) in [4.78, 5) is 0. The second-order valence-electron chi connectivity index (χ2n) is 4.75. The largest absolute Gasteiger partial charge is 0.497 e. The van der Waals surface area contributed by atoms with E-state index in [1.807, 2.05) is 42.5 Å². The molecule has 0 saturated carbocycles. The Kier molecular flexibility index (Phi) is 5.36. The molecule has 0 unspecified atom stereocenters. The first kappa shape index (κ1) is 16.5. The highest BCUT2D eigenvalue weighted by Crippen LogP contribution is 2.44. The fourth-order valence-corrected chi connectivity index (χ4v) is 2.24. The number of methoxy groups -OCH3 is 4. The molecule has 2 aromatic carbocycles. The second kappa shape index (κ2) is 7.45. The van der Waals surface area contributed by atoms with E-state index in [2.05, 4.69) is 0 Å². The number of nitrogens with two attached hydrogens (primary N) is 1. The molecule has 0 aliphatic heterocycles. The van der Waals surface area contributed by atoms with Crippen LogP contribution in [0.15, 0.2) is 30.3 Å². The number of hydrogen-bond acceptors (Lipinski definition) is 5. The number of hydrogen-bond donors (Lipinski definition) is 1. The Labute approximate surface area is 136 Å². The predicted octanol–water partition coefficient (Wildman–Crippen LogP) is 3.47. The van der Waals surface area contributed by atoms with E-state index in [0.29, 0.717) is 22.9 Å².